The molecule has 0 fully saturated rings. The molecule has 0 aromatic carbocycles. The van der Waals surface area contributed by atoms with Crippen LogP contribution in [0.25, 0.3) is 0 Å². The minimum Gasteiger partial charge on any atom is -0.465 e. The van der Waals surface area contributed by atoms with Crippen molar-refractivity contribution >= 4 is 12.0 Å². The molecule has 6 heteroatoms. The van der Waals surface area contributed by atoms with E-state index in [-0.39, 0.29) is 5.41 Å². The van der Waals surface area contributed by atoms with Crippen molar-refractivity contribution in [2.45, 2.75) is 33.2 Å². The highest BCUT2D eigenvalue weighted by Gasteiger charge is 2.28. The van der Waals surface area contributed by atoms with Crippen molar-refractivity contribution in [2.24, 2.45) is 5.41 Å². The zero-order valence-electron chi connectivity index (χ0n) is 10.4. The van der Waals surface area contributed by atoms with Gasteiger partial charge in [-0.3, -0.25) is 9.63 Å². The fraction of sp³-hybridized carbons (Fsp3) is 0.800. The molecule has 1 unspecified atom stereocenters. The summed E-state index contributed by atoms with van der Waals surface area (Å²) in [6, 6.07) is -0.789. The van der Waals surface area contributed by atoms with Crippen LogP contribution in [0.1, 0.15) is 27.2 Å². The van der Waals surface area contributed by atoms with Crippen LogP contribution >= 0.6 is 0 Å². The van der Waals surface area contributed by atoms with E-state index in [1.54, 1.807) is 0 Å². The molecule has 0 aromatic heterocycles. The van der Waals surface area contributed by atoms with E-state index in [2.05, 4.69) is 5.32 Å². The molecule has 0 aliphatic carbocycles. The lowest BCUT2D eigenvalue weighted by Gasteiger charge is -2.27. The van der Waals surface area contributed by atoms with E-state index < -0.39 is 18.0 Å². The number of hydrogen-bond donors (Lipinski definition) is 2. The van der Waals surface area contributed by atoms with Crippen LogP contribution < -0.4 is 5.32 Å². The van der Waals surface area contributed by atoms with Crippen molar-refractivity contribution in [3.8, 4) is 0 Å². The lowest BCUT2D eigenvalue weighted by atomic mass is 9.88. The van der Waals surface area contributed by atoms with Crippen LogP contribution in [0.3, 0.4) is 0 Å². The molecule has 94 valence electrons. The quantitative estimate of drug-likeness (QED) is 0.711. The Hall–Kier alpha value is -1.30. The van der Waals surface area contributed by atoms with Gasteiger partial charge in [-0.15, -0.1) is 0 Å². The Morgan fingerprint density at radius 2 is 1.94 bits per heavy atom. The van der Waals surface area contributed by atoms with E-state index in [1.807, 2.05) is 20.8 Å². The summed E-state index contributed by atoms with van der Waals surface area (Å²) in [4.78, 5) is 27.1. The molecule has 0 aliphatic rings. The first kappa shape index (κ1) is 14.7. The number of nitrogens with zero attached hydrogens (tertiary/aromatic N) is 1. The molecule has 0 radical (unpaired) electrons. The van der Waals surface area contributed by atoms with Crippen LogP contribution in [0, 0.1) is 5.41 Å². The van der Waals surface area contributed by atoms with Gasteiger partial charge in [0.15, 0.2) is 0 Å². The summed E-state index contributed by atoms with van der Waals surface area (Å²) in [5, 5.41) is 11.9. The second-order valence-corrected chi connectivity index (χ2v) is 4.79. The third kappa shape index (κ3) is 5.55. The van der Waals surface area contributed by atoms with Crippen molar-refractivity contribution in [3.63, 3.8) is 0 Å². The Kier molecular flexibility index (Phi) is 5.23. The molecule has 0 saturated heterocycles. The number of hydrogen-bond acceptors (Lipinski definition) is 3. The lowest BCUT2D eigenvalue weighted by Crippen LogP contribution is -2.48. The highest BCUT2D eigenvalue weighted by Crippen LogP contribution is 2.21. The molecular formula is C10H20N2O4. The van der Waals surface area contributed by atoms with Crippen molar-refractivity contribution in [1.29, 1.82) is 0 Å². The van der Waals surface area contributed by atoms with Crippen LogP contribution in [0.4, 0.5) is 4.79 Å². The predicted octanol–water partition coefficient (Wildman–Crippen LogP) is 1.08. The largest absolute Gasteiger partial charge is 0.465 e. The van der Waals surface area contributed by atoms with Gasteiger partial charge in [-0.2, -0.15) is 0 Å². The molecule has 16 heavy (non-hydrogen) atoms. The molecule has 1 atom stereocenters. The second kappa shape index (κ2) is 5.69. The summed E-state index contributed by atoms with van der Waals surface area (Å²) in [6.07, 6.45) is -0.807. The standard InChI is InChI=1S/C10H20N2O4/c1-10(2,3)6-7(11-9(14)15)8(13)12(4)16-5/h7,11H,6H2,1-5H3,(H,14,15). The number of carbonyl (C=O) groups excluding carboxylic acids is 1. The Bertz CT molecular complexity index is 260. The monoisotopic (exact) mass is 232 g/mol. The Morgan fingerprint density at radius 1 is 1.44 bits per heavy atom. The summed E-state index contributed by atoms with van der Waals surface area (Å²) >= 11 is 0. The average molecular weight is 232 g/mol. The van der Waals surface area contributed by atoms with Gasteiger partial charge in [0, 0.05) is 7.05 Å². The van der Waals surface area contributed by atoms with Gasteiger partial charge >= 0.3 is 6.09 Å². The van der Waals surface area contributed by atoms with Gasteiger partial charge in [0.25, 0.3) is 5.91 Å². The van der Waals surface area contributed by atoms with Gasteiger partial charge in [0.1, 0.15) is 6.04 Å². The maximum Gasteiger partial charge on any atom is 0.405 e. The van der Waals surface area contributed by atoms with Gasteiger partial charge in [-0.25, -0.2) is 9.86 Å². The number of nitrogens with one attached hydrogen (secondary N) is 1. The van der Waals surface area contributed by atoms with Crippen LogP contribution in [0.2, 0.25) is 0 Å². The summed E-state index contributed by atoms with van der Waals surface area (Å²) in [5.41, 5.74) is -0.155. The Morgan fingerprint density at radius 3 is 2.25 bits per heavy atom. The molecule has 0 saturated carbocycles. The molecule has 0 bridgehead atoms. The van der Waals surface area contributed by atoms with Crippen molar-refractivity contribution < 1.29 is 19.5 Å². The van der Waals surface area contributed by atoms with Crippen molar-refractivity contribution in [2.75, 3.05) is 14.2 Å². The van der Waals surface area contributed by atoms with Gasteiger partial charge in [0.05, 0.1) is 7.11 Å². The van der Waals surface area contributed by atoms with Crippen LogP contribution in [0.15, 0.2) is 0 Å². The van der Waals surface area contributed by atoms with Crippen molar-refractivity contribution in [1.82, 2.24) is 10.4 Å². The molecular weight excluding hydrogens is 212 g/mol. The topological polar surface area (TPSA) is 78.9 Å². The number of carboxylic acid groups (broad SMARTS) is 1. The van der Waals surface area contributed by atoms with Crippen molar-refractivity contribution in [3.05, 3.63) is 0 Å². The van der Waals surface area contributed by atoms with Gasteiger partial charge < -0.3 is 10.4 Å². The van der Waals surface area contributed by atoms with Crippen LogP contribution in [0.5, 0.6) is 0 Å². The van der Waals surface area contributed by atoms with E-state index in [9.17, 15) is 9.59 Å². The minimum atomic E-state index is -1.22. The predicted molar refractivity (Wildman–Crippen MR) is 58.8 cm³/mol. The average Bonchev–Trinajstić information content (AvgIpc) is 2.11. The normalized spacial score (nSPS) is 13.1. The lowest BCUT2D eigenvalue weighted by molar-refractivity contribution is -0.171. The van der Waals surface area contributed by atoms with E-state index in [0.717, 1.165) is 5.06 Å². The molecule has 0 spiro atoms. The molecule has 0 aromatic rings. The van der Waals surface area contributed by atoms with E-state index in [1.165, 1.54) is 14.2 Å². The smallest absolute Gasteiger partial charge is 0.405 e. The van der Waals surface area contributed by atoms with Crippen LogP contribution in [-0.2, 0) is 9.63 Å². The summed E-state index contributed by atoms with van der Waals surface area (Å²) in [7, 11) is 2.80. The molecule has 6 nitrogen and oxygen atoms in total. The first-order valence-corrected chi connectivity index (χ1v) is 4.98. The third-order valence-electron chi connectivity index (χ3n) is 2.00. The van der Waals surface area contributed by atoms with Crippen LogP contribution in [-0.4, -0.2) is 42.4 Å². The third-order valence-corrected chi connectivity index (χ3v) is 2.00. The zero-order chi connectivity index (χ0) is 12.9. The summed E-state index contributed by atoms with van der Waals surface area (Å²) in [6.45, 7) is 5.80. The number of carbonyl (C=O) groups is 2. The molecule has 0 heterocycles. The molecule has 2 N–H and O–H groups in total. The van der Waals surface area contributed by atoms with E-state index >= 15 is 0 Å². The summed E-state index contributed by atoms with van der Waals surface area (Å²) < 4.78 is 0. The van der Waals surface area contributed by atoms with Gasteiger partial charge in [-0.05, 0) is 11.8 Å². The molecule has 0 rings (SSSR count). The first-order valence-electron chi connectivity index (χ1n) is 4.98. The maximum absolute atomic E-state index is 11.8. The Balaban J connectivity index is 4.66. The minimum absolute atomic E-state index is 0.155. The maximum atomic E-state index is 11.8. The number of likely N-dealkylation sites (N-methyl/N-ethyl adjacent to an activating group) is 1. The molecule has 0 aliphatic heterocycles. The Labute approximate surface area is 95.5 Å². The van der Waals surface area contributed by atoms with E-state index in [4.69, 9.17) is 9.94 Å². The highest BCUT2D eigenvalue weighted by atomic mass is 16.7. The molecule has 2 amide bonds. The van der Waals surface area contributed by atoms with E-state index in [0.29, 0.717) is 6.42 Å². The highest BCUT2D eigenvalue weighted by molar-refractivity contribution is 5.84. The number of rotatable bonds is 4. The number of hydroxylamine groups is 2. The second-order valence-electron chi connectivity index (χ2n) is 4.79. The SMILES string of the molecule is CON(C)C(=O)C(CC(C)(C)C)NC(=O)O. The van der Waals surface area contributed by atoms with Gasteiger partial charge in [0.2, 0.25) is 0 Å². The fourth-order valence-corrected chi connectivity index (χ4v) is 1.27. The van der Waals surface area contributed by atoms with Gasteiger partial charge in [-0.1, -0.05) is 20.8 Å². The first-order chi connectivity index (χ1) is 7.17. The zero-order valence-corrected chi connectivity index (χ0v) is 10.4. The number of amides is 2. The fourth-order valence-electron chi connectivity index (χ4n) is 1.27. The summed E-state index contributed by atoms with van der Waals surface area (Å²) in [5.74, 6) is -0.403.